The molecule has 176 valence electrons. The van der Waals surface area contributed by atoms with Gasteiger partial charge in [-0.25, -0.2) is 4.98 Å². The number of nitrogens with two attached hydrogens (primary N) is 1. The number of hydrogen-bond donors (Lipinski definition) is 3. The smallest absolute Gasteiger partial charge is 0.383 e. The number of hydrogen-bond acceptors (Lipinski definition) is 5. The number of pyridine rings is 1. The second-order valence-electron chi connectivity index (χ2n) is 7.05. The van der Waals surface area contributed by atoms with Crippen molar-refractivity contribution in [2.24, 2.45) is 0 Å². The Hall–Kier alpha value is -3.84. The molecule has 2 heterocycles. The molecule has 0 unspecified atom stereocenters. The van der Waals surface area contributed by atoms with Crippen LogP contribution in [0.25, 0.3) is 10.9 Å². The maximum atomic E-state index is 13.5. The molecule has 0 fully saturated rings. The second kappa shape index (κ2) is 8.26. The van der Waals surface area contributed by atoms with Crippen molar-refractivity contribution in [3.05, 3.63) is 47.3 Å². The number of aromatic nitrogens is 3. The molecule has 2 amide bonds. The van der Waals surface area contributed by atoms with E-state index in [-0.39, 0.29) is 23.1 Å². The van der Waals surface area contributed by atoms with E-state index in [0.29, 0.717) is 22.4 Å². The fourth-order valence-corrected chi connectivity index (χ4v) is 3.11. The summed E-state index contributed by atoms with van der Waals surface area (Å²) in [4.78, 5) is 29.5. The van der Waals surface area contributed by atoms with Gasteiger partial charge >= 0.3 is 24.2 Å². The Morgan fingerprint density at radius 2 is 1.82 bits per heavy atom. The van der Waals surface area contributed by atoms with Gasteiger partial charge in [-0.15, -0.1) is 0 Å². The summed E-state index contributed by atoms with van der Waals surface area (Å²) in [6.07, 6.45) is -7.57. The van der Waals surface area contributed by atoms with Crippen molar-refractivity contribution in [3.63, 3.8) is 0 Å². The predicted octanol–water partition coefficient (Wildman–Crippen LogP) is 3.74. The lowest BCUT2D eigenvalue weighted by atomic mass is 9.97. The number of aromatic amines is 1. The van der Waals surface area contributed by atoms with Gasteiger partial charge in [0.15, 0.2) is 0 Å². The quantitative estimate of drug-likeness (QED) is 0.395. The summed E-state index contributed by atoms with van der Waals surface area (Å²) in [7, 11) is 1.05. The van der Waals surface area contributed by atoms with E-state index in [1.807, 2.05) is 0 Å². The number of likely N-dealkylation sites (N-methyl/N-ethyl adjacent to an activating group) is 1. The molecule has 1 atom stereocenters. The molecule has 0 aliphatic heterocycles. The molecule has 3 rings (SSSR count). The van der Waals surface area contributed by atoms with Crippen molar-refractivity contribution in [2.45, 2.75) is 25.3 Å². The molecule has 1 aromatic carbocycles. The first kappa shape index (κ1) is 23.8. The van der Waals surface area contributed by atoms with E-state index in [2.05, 4.69) is 20.5 Å². The first-order valence-corrected chi connectivity index (χ1v) is 9.16. The van der Waals surface area contributed by atoms with Crippen LogP contribution in [0.4, 0.5) is 37.8 Å². The van der Waals surface area contributed by atoms with Crippen LogP contribution in [0, 0.1) is 0 Å². The van der Waals surface area contributed by atoms with Crippen molar-refractivity contribution in [2.75, 3.05) is 18.1 Å². The maximum Gasteiger partial charge on any atom is 0.416 e. The molecular weight excluding hydrogens is 458 g/mol. The predicted molar refractivity (Wildman–Crippen MR) is 105 cm³/mol. The van der Waals surface area contributed by atoms with E-state index in [0.717, 1.165) is 20.2 Å². The summed E-state index contributed by atoms with van der Waals surface area (Å²) in [5.74, 6) is -2.35. The van der Waals surface area contributed by atoms with Gasteiger partial charge in [0.1, 0.15) is 11.3 Å². The number of amides is 2. The van der Waals surface area contributed by atoms with Crippen molar-refractivity contribution < 1.29 is 35.9 Å². The third kappa shape index (κ3) is 4.68. The average Bonchev–Trinajstić information content (AvgIpc) is 3.23. The van der Waals surface area contributed by atoms with Gasteiger partial charge in [-0.3, -0.25) is 14.7 Å². The highest BCUT2D eigenvalue weighted by molar-refractivity contribution is 6.40. The van der Waals surface area contributed by atoms with Crippen LogP contribution in [0.3, 0.4) is 0 Å². The zero-order valence-electron chi connectivity index (χ0n) is 17.0. The van der Waals surface area contributed by atoms with Gasteiger partial charge in [0, 0.05) is 13.2 Å². The number of rotatable bonds is 3. The van der Waals surface area contributed by atoms with E-state index in [1.54, 1.807) is 0 Å². The average molecular weight is 474 g/mol. The van der Waals surface area contributed by atoms with Crippen LogP contribution in [-0.2, 0) is 21.9 Å². The molecule has 33 heavy (non-hydrogen) atoms. The first-order valence-electron chi connectivity index (χ1n) is 9.16. The minimum absolute atomic E-state index is 0.0189. The van der Waals surface area contributed by atoms with Crippen LogP contribution in [0.15, 0.2) is 30.6 Å². The monoisotopic (exact) mass is 474 g/mol. The molecular formula is C19H16F6N6O2. The van der Waals surface area contributed by atoms with E-state index < -0.39 is 46.9 Å². The Kier molecular flexibility index (Phi) is 5.96. The van der Waals surface area contributed by atoms with Gasteiger partial charge in [0.25, 0.3) is 0 Å². The van der Waals surface area contributed by atoms with Gasteiger partial charge in [0.2, 0.25) is 0 Å². The van der Waals surface area contributed by atoms with Crippen molar-refractivity contribution in [1.29, 1.82) is 0 Å². The summed E-state index contributed by atoms with van der Waals surface area (Å²) in [6.45, 7) is 1.15. The van der Waals surface area contributed by atoms with Crippen molar-refractivity contribution in [1.82, 2.24) is 20.1 Å². The van der Waals surface area contributed by atoms with Crippen LogP contribution in [-0.4, -0.2) is 38.9 Å². The van der Waals surface area contributed by atoms with Gasteiger partial charge in [0.05, 0.1) is 34.4 Å². The Morgan fingerprint density at radius 3 is 2.42 bits per heavy atom. The Morgan fingerprint density at radius 1 is 1.15 bits per heavy atom. The number of nitrogens with one attached hydrogen (secondary N) is 2. The standard InChI is InChI=1S/C19H16F6N6O2/c1-8(10-4-3-9(18(20,21)22)5-12(10)19(23,24)25)31(2)17(33)16(32)29-13-7-27-15(26)11-6-28-30-14(11)13/h3-8H,1-2H3,(H2,26,27)(H,28,30)(H,29,32)/t8-/m0/s1. The molecule has 4 N–H and O–H groups in total. The topological polar surface area (TPSA) is 117 Å². The molecule has 3 aromatic rings. The molecule has 0 aliphatic rings. The van der Waals surface area contributed by atoms with Crippen LogP contribution < -0.4 is 11.1 Å². The third-order valence-electron chi connectivity index (χ3n) is 4.98. The lowest BCUT2D eigenvalue weighted by molar-refractivity contribution is -0.146. The summed E-state index contributed by atoms with van der Waals surface area (Å²) < 4.78 is 79.1. The number of nitrogen functional groups attached to an aromatic ring is 1. The molecule has 0 saturated carbocycles. The summed E-state index contributed by atoms with van der Waals surface area (Å²) >= 11 is 0. The SMILES string of the molecule is C[C@@H](c1ccc(C(F)(F)F)cc1C(F)(F)F)N(C)C(=O)C(=O)Nc1cnc(N)c2c[nH]nc12. The number of alkyl halides is 6. The van der Waals surface area contributed by atoms with Crippen LogP contribution in [0.5, 0.6) is 0 Å². The highest BCUT2D eigenvalue weighted by Crippen LogP contribution is 2.40. The van der Waals surface area contributed by atoms with E-state index in [4.69, 9.17) is 5.73 Å². The van der Waals surface area contributed by atoms with Gasteiger partial charge < -0.3 is 16.0 Å². The van der Waals surface area contributed by atoms with Crippen LogP contribution in [0.2, 0.25) is 0 Å². The number of halogens is 6. The zero-order chi connectivity index (χ0) is 24.7. The zero-order valence-corrected chi connectivity index (χ0v) is 17.0. The highest BCUT2D eigenvalue weighted by atomic mass is 19.4. The number of carbonyl (C=O) groups excluding carboxylic acids is 2. The van der Waals surface area contributed by atoms with Gasteiger partial charge in [-0.05, 0) is 24.6 Å². The molecule has 0 bridgehead atoms. The summed E-state index contributed by atoms with van der Waals surface area (Å²) in [5, 5.41) is 9.02. The molecule has 2 aromatic heterocycles. The van der Waals surface area contributed by atoms with E-state index in [9.17, 15) is 35.9 Å². The molecule has 0 spiro atoms. The van der Waals surface area contributed by atoms with Crippen molar-refractivity contribution >= 4 is 34.2 Å². The first-order chi connectivity index (χ1) is 15.2. The molecule has 8 nitrogen and oxygen atoms in total. The number of fused-ring (bicyclic) bond motifs is 1. The Bertz CT molecular complexity index is 1220. The lowest BCUT2D eigenvalue weighted by Crippen LogP contribution is -2.39. The number of H-pyrrole nitrogens is 1. The number of benzene rings is 1. The minimum Gasteiger partial charge on any atom is -0.383 e. The Balaban J connectivity index is 1.87. The summed E-state index contributed by atoms with van der Waals surface area (Å²) in [6, 6.07) is -0.307. The largest absolute Gasteiger partial charge is 0.416 e. The summed E-state index contributed by atoms with van der Waals surface area (Å²) in [5.41, 5.74) is 2.23. The minimum atomic E-state index is -5.13. The van der Waals surface area contributed by atoms with Crippen LogP contribution in [0.1, 0.15) is 29.7 Å². The maximum absolute atomic E-state index is 13.5. The van der Waals surface area contributed by atoms with Gasteiger partial charge in [-0.2, -0.15) is 31.4 Å². The molecule has 0 saturated heterocycles. The highest BCUT2D eigenvalue weighted by Gasteiger charge is 2.40. The molecule has 14 heteroatoms. The fraction of sp³-hybridized carbons (Fsp3) is 0.263. The number of anilines is 2. The Labute approximate surface area is 181 Å². The molecule has 0 radical (unpaired) electrons. The molecule has 0 aliphatic carbocycles. The van der Waals surface area contributed by atoms with E-state index in [1.165, 1.54) is 6.20 Å². The van der Waals surface area contributed by atoms with Gasteiger partial charge in [-0.1, -0.05) is 6.07 Å². The van der Waals surface area contributed by atoms with E-state index >= 15 is 0 Å². The third-order valence-corrected chi connectivity index (χ3v) is 4.98. The van der Waals surface area contributed by atoms with Crippen molar-refractivity contribution in [3.8, 4) is 0 Å². The normalized spacial score (nSPS) is 13.1. The fourth-order valence-electron chi connectivity index (χ4n) is 3.11. The second-order valence-corrected chi connectivity index (χ2v) is 7.05. The number of carbonyl (C=O) groups is 2. The number of nitrogens with zero attached hydrogens (tertiary/aromatic N) is 3. The lowest BCUT2D eigenvalue weighted by Gasteiger charge is -2.27. The van der Waals surface area contributed by atoms with Crippen LogP contribution >= 0.6 is 0 Å².